The number of esters is 3. The van der Waals surface area contributed by atoms with Gasteiger partial charge in [-0.05, 0) is 59.6 Å². The third kappa shape index (κ3) is 6.50. The molecule has 1 saturated carbocycles. The number of benzene rings is 3. The molecule has 10 heteroatoms. The summed E-state index contributed by atoms with van der Waals surface area (Å²) in [5.74, 6) is -2.13. The molecule has 1 heterocycles. The molecule has 246 valence electrons. The van der Waals surface area contributed by atoms with Gasteiger partial charge in [0, 0.05) is 23.7 Å². The molecule has 0 saturated heterocycles. The van der Waals surface area contributed by atoms with Gasteiger partial charge in [0.1, 0.15) is 6.10 Å². The summed E-state index contributed by atoms with van der Waals surface area (Å²) in [5, 5.41) is 11.4. The average molecular weight is 641 g/mol. The van der Waals surface area contributed by atoms with Crippen LogP contribution in [0.2, 0.25) is 0 Å². The van der Waals surface area contributed by atoms with E-state index in [1.54, 1.807) is 29.2 Å². The number of hydrogen-bond donors (Lipinski definition) is 0. The Morgan fingerprint density at radius 2 is 1.40 bits per heavy atom. The molecule has 3 aromatic rings. The number of nitrogens with zero attached hydrogens (tertiary/aromatic N) is 2. The zero-order chi connectivity index (χ0) is 33.9. The summed E-state index contributed by atoms with van der Waals surface area (Å²) in [6, 6.07) is 22.3. The van der Waals surface area contributed by atoms with E-state index < -0.39 is 41.0 Å². The number of hydrogen-bond acceptors (Lipinski definition) is 9. The standard InChI is InChI=1S/C37H40N2O8/c1-23-16-21-28(37(2,3)25-12-8-6-9-13-25)29(22-23)47-36(42)33-31(35(41)46-5)30(34(40)45-4)32(38(33)26-14-10-7-11-15-26)24-17-19-27(20-18-24)39(43)44/h6-15,17-20,23,28-29,32-33H,16,21-22H2,1-5H3/t23-,28-,29-,32+,33-/m1/s1. The van der Waals surface area contributed by atoms with Crippen LogP contribution in [-0.4, -0.2) is 49.2 Å². The number of methoxy groups -OCH3 is 2. The number of para-hydroxylation sites is 1. The van der Waals surface area contributed by atoms with Crippen molar-refractivity contribution in [1.29, 1.82) is 0 Å². The molecule has 3 aromatic carbocycles. The third-order valence-electron chi connectivity index (χ3n) is 9.67. The summed E-state index contributed by atoms with van der Waals surface area (Å²) in [7, 11) is 2.37. The van der Waals surface area contributed by atoms with Crippen LogP contribution in [0.25, 0.3) is 0 Å². The predicted octanol–water partition coefficient (Wildman–Crippen LogP) is 6.49. The van der Waals surface area contributed by atoms with Crippen molar-refractivity contribution in [2.45, 2.75) is 63.6 Å². The number of carbonyl (C=O) groups is 3. The summed E-state index contributed by atoms with van der Waals surface area (Å²) >= 11 is 0. The first kappa shape index (κ1) is 33.4. The zero-order valence-electron chi connectivity index (χ0n) is 27.3. The fourth-order valence-corrected chi connectivity index (χ4v) is 7.20. The van der Waals surface area contributed by atoms with Gasteiger partial charge in [0.05, 0.1) is 36.3 Å². The molecule has 10 nitrogen and oxygen atoms in total. The Bertz CT molecular complexity index is 1650. The summed E-state index contributed by atoms with van der Waals surface area (Å²) in [6.07, 6.45) is 1.99. The molecule has 1 fully saturated rings. The first-order chi connectivity index (χ1) is 22.5. The highest BCUT2D eigenvalue weighted by Gasteiger charge is 2.53. The van der Waals surface area contributed by atoms with Gasteiger partial charge in [0.15, 0.2) is 6.04 Å². The van der Waals surface area contributed by atoms with Crippen molar-refractivity contribution >= 4 is 29.3 Å². The minimum atomic E-state index is -1.38. The van der Waals surface area contributed by atoms with Crippen molar-refractivity contribution < 1.29 is 33.5 Å². The summed E-state index contributed by atoms with van der Waals surface area (Å²) < 4.78 is 16.8. The van der Waals surface area contributed by atoms with Gasteiger partial charge in [-0.2, -0.15) is 0 Å². The van der Waals surface area contributed by atoms with E-state index in [0.29, 0.717) is 23.6 Å². The lowest BCUT2D eigenvalue weighted by molar-refractivity contribution is -0.384. The molecular formula is C37H40N2O8. The molecule has 0 spiro atoms. The third-order valence-corrected chi connectivity index (χ3v) is 9.67. The van der Waals surface area contributed by atoms with Crippen LogP contribution >= 0.6 is 0 Å². The molecule has 47 heavy (non-hydrogen) atoms. The SMILES string of the molecule is COC(=O)C1=C(C(=O)OC)[C@H](c2ccc([N+](=O)[O-])cc2)N(c2ccccc2)[C@H]1C(=O)O[C@@H]1C[C@H](C)CC[C@H]1C(C)(C)c1ccccc1. The minimum Gasteiger partial charge on any atom is -0.466 e. The highest BCUT2D eigenvalue weighted by atomic mass is 16.6. The highest BCUT2D eigenvalue weighted by Crippen LogP contribution is 2.48. The number of anilines is 1. The molecule has 2 aliphatic rings. The van der Waals surface area contributed by atoms with Crippen LogP contribution < -0.4 is 4.90 Å². The Labute approximate surface area is 274 Å². The van der Waals surface area contributed by atoms with Crippen LogP contribution in [0.4, 0.5) is 11.4 Å². The van der Waals surface area contributed by atoms with Gasteiger partial charge in [-0.3, -0.25) is 10.1 Å². The lowest BCUT2D eigenvalue weighted by atomic mass is 9.64. The smallest absolute Gasteiger partial charge is 0.337 e. The topological polar surface area (TPSA) is 125 Å². The van der Waals surface area contributed by atoms with E-state index in [0.717, 1.165) is 18.4 Å². The maximum atomic E-state index is 14.7. The number of rotatable bonds is 9. The Morgan fingerprint density at radius 1 is 0.830 bits per heavy atom. The van der Waals surface area contributed by atoms with E-state index in [9.17, 15) is 24.5 Å². The minimum absolute atomic E-state index is 0.0206. The number of carbonyl (C=O) groups excluding carboxylic acids is 3. The first-order valence-electron chi connectivity index (χ1n) is 15.7. The molecule has 0 radical (unpaired) electrons. The second kappa shape index (κ2) is 13.8. The van der Waals surface area contributed by atoms with Crippen LogP contribution in [0.15, 0.2) is 96.1 Å². The molecule has 5 atom stereocenters. The molecule has 0 amide bonds. The summed E-state index contributed by atoms with van der Waals surface area (Å²) in [5.41, 5.74) is 1.32. The van der Waals surface area contributed by atoms with E-state index in [4.69, 9.17) is 14.2 Å². The number of ether oxygens (including phenoxy) is 3. The van der Waals surface area contributed by atoms with Gasteiger partial charge < -0.3 is 19.1 Å². The van der Waals surface area contributed by atoms with Gasteiger partial charge >= 0.3 is 17.9 Å². The van der Waals surface area contributed by atoms with Crippen LogP contribution in [0.3, 0.4) is 0 Å². The molecule has 0 bridgehead atoms. The van der Waals surface area contributed by atoms with Crippen LogP contribution in [0, 0.1) is 22.0 Å². The van der Waals surface area contributed by atoms with Crippen molar-refractivity contribution in [3.8, 4) is 0 Å². The molecule has 0 unspecified atom stereocenters. The monoisotopic (exact) mass is 640 g/mol. The Hall–Kier alpha value is -4.99. The van der Waals surface area contributed by atoms with Gasteiger partial charge in [-0.1, -0.05) is 75.7 Å². The van der Waals surface area contributed by atoms with Crippen LogP contribution in [0.1, 0.15) is 57.2 Å². The lowest BCUT2D eigenvalue weighted by Gasteiger charge is -2.44. The second-order valence-corrected chi connectivity index (χ2v) is 12.8. The largest absolute Gasteiger partial charge is 0.466 e. The van der Waals surface area contributed by atoms with Gasteiger partial charge in [0.2, 0.25) is 0 Å². The molecule has 1 aliphatic carbocycles. The van der Waals surface area contributed by atoms with Crippen molar-refractivity contribution in [3.63, 3.8) is 0 Å². The van der Waals surface area contributed by atoms with E-state index in [2.05, 4.69) is 32.9 Å². The predicted molar refractivity (Wildman–Crippen MR) is 175 cm³/mol. The van der Waals surface area contributed by atoms with E-state index in [1.807, 2.05) is 24.3 Å². The zero-order valence-corrected chi connectivity index (χ0v) is 27.3. The first-order valence-corrected chi connectivity index (χ1v) is 15.7. The van der Waals surface area contributed by atoms with Crippen molar-refractivity contribution in [1.82, 2.24) is 0 Å². The molecule has 5 rings (SSSR count). The van der Waals surface area contributed by atoms with Crippen LogP contribution in [0.5, 0.6) is 0 Å². The van der Waals surface area contributed by atoms with Crippen molar-refractivity contribution in [2.75, 3.05) is 19.1 Å². The maximum Gasteiger partial charge on any atom is 0.337 e. The number of non-ortho nitro benzene ring substituents is 1. The maximum absolute atomic E-state index is 14.7. The average Bonchev–Trinajstić information content (AvgIpc) is 3.44. The van der Waals surface area contributed by atoms with Crippen molar-refractivity contribution in [2.24, 2.45) is 11.8 Å². The quantitative estimate of drug-likeness (QED) is 0.112. The van der Waals surface area contributed by atoms with Crippen LogP contribution in [-0.2, 0) is 34.0 Å². The van der Waals surface area contributed by atoms with Gasteiger partial charge in [0.25, 0.3) is 5.69 Å². The van der Waals surface area contributed by atoms with E-state index in [-0.39, 0.29) is 28.2 Å². The van der Waals surface area contributed by atoms with E-state index in [1.165, 1.54) is 38.5 Å². The van der Waals surface area contributed by atoms with Gasteiger partial charge in [-0.15, -0.1) is 0 Å². The molecular weight excluding hydrogens is 600 g/mol. The highest BCUT2D eigenvalue weighted by molar-refractivity contribution is 6.10. The number of nitro groups is 1. The lowest BCUT2D eigenvalue weighted by Crippen LogP contribution is -2.48. The Kier molecular flexibility index (Phi) is 9.79. The second-order valence-electron chi connectivity index (χ2n) is 12.8. The molecule has 0 N–H and O–H groups in total. The van der Waals surface area contributed by atoms with Gasteiger partial charge in [-0.25, -0.2) is 14.4 Å². The summed E-state index contributed by atoms with van der Waals surface area (Å²) in [6.45, 7) is 6.46. The fraction of sp³-hybridized carbons (Fsp3) is 0.378. The molecule has 0 aromatic heterocycles. The van der Waals surface area contributed by atoms with E-state index >= 15 is 0 Å². The fourth-order valence-electron chi connectivity index (χ4n) is 7.20. The summed E-state index contributed by atoms with van der Waals surface area (Å²) in [4.78, 5) is 54.4. The normalized spacial score (nSPS) is 22.8. The number of nitro benzene ring substituents is 1. The Morgan fingerprint density at radius 3 is 1.98 bits per heavy atom. The Balaban J connectivity index is 1.64. The van der Waals surface area contributed by atoms with Crippen molar-refractivity contribution in [3.05, 3.63) is 117 Å². The molecule has 1 aliphatic heterocycles.